The zero-order valence-electron chi connectivity index (χ0n) is 15.2. The molecular formula is C25H25N. The van der Waals surface area contributed by atoms with Crippen molar-refractivity contribution in [1.29, 1.82) is 0 Å². The third-order valence-corrected chi connectivity index (χ3v) is 7.29. The van der Waals surface area contributed by atoms with E-state index in [0.717, 1.165) is 0 Å². The van der Waals surface area contributed by atoms with Crippen LogP contribution in [0.3, 0.4) is 0 Å². The van der Waals surface area contributed by atoms with E-state index in [4.69, 9.17) is 5.73 Å². The molecule has 26 heavy (non-hydrogen) atoms. The Bertz CT molecular complexity index is 916. The third kappa shape index (κ3) is 1.61. The molecule has 6 aliphatic rings. The fourth-order valence-electron chi connectivity index (χ4n) is 6.50. The average Bonchev–Trinajstić information content (AvgIpc) is 3.16. The predicted octanol–water partition coefficient (Wildman–Crippen LogP) is 5.38. The van der Waals surface area contributed by atoms with Crippen LogP contribution in [0, 0.1) is 11.3 Å². The number of nitrogens with two attached hydrogens (primary N) is 1. The minimum absolute atomic E-state index is 0.0489. The second kappa shape index (κ2) is 5.20. The highest BCUT2D eigenvalue weighted by Crippen LogP contribution is 2.68. The maximum absolute atomic E-state index is 6.66. The molecule has 0 heterocycles. The topological polar surface area (TPSA) is 26.0 Å². The van der Waals surface area contributed by atoms with Crippen molar-refractivity contribution < 1.29 is 0 Å². The zero-order valence-corrected chi connectivity index (χ0v) is 15.2. The van der Waals surface area contributed by atoms with Gasteiger partial charge in [-0.1, -0.05) is 54.7 Å². The maximum atomic E-state index is 6.66. The molecule has 6 rings (SSSR count). The van der Waals surface area contributed by atoms with Crippen LogP contribution in [0.1, 0.15) is 38.5 Å². The SMILES string of the molecule is NC1C=CC=C2C1C1=C(CCC=C1)C21C2=C(C=CCC2)C2=C1CCC=C2. The first-order chi connectivity index (χ1) is 12.8. The van der Waals surface area contributed by atoms with Crippen LogP contribution in [0.25, 0.3) is 0 Å². The molecule has 0 aromatic carbocycles. The van der Waals surface area contributed by atoms with Crippen LogP contribution < -0.4 is 5.73 Å². The number of hydrogen-bond acceptors (Lipinski definition) is 1. The fourth-order valence-corrected chi connectivity index (χ4v) is 6.50. The zero-order chi connectivity index (χ0) is 17.3. The van der Waals surface area contributed by atoms with E-state index in [1.54, 1.807) is 22.3 Å². The minimum Gasteiger partial charge on any atom is -0.324 e. The lowest BCUT2D eigenvalue weighted by Gasteiger charge is -2.40. The van der Waals surface area contributed by atoms with E-state index in [9.17, 15) is 0 Å². The minimum atomic E-state index is 0.0489. The van der Waals surface area contributed by atoms with Crippen LogP contribution in [0.2, 0.25) is 0 Å². The monoisotopic (exact) mass is 339 g/mol. The number of rotatable bonds is 0. The van der Waals surface area contributed by atoms with Gasteiger partial charge in [-0.05, 0) is 77.5 Å². The molecule has 2 atom stereocenters. The molecule has 6 aliphatic carbocycles. The van der Waals surface area contributed by atoms with Crippen LogP contribution in [-0.4, -0.2) is 6.04 Å². The number of allylic oxidation sites excluding steroid dienone is 13. The molecule has 0 amide bonds. The van der Waals surface area contributed by atoms with Crippen molar-refractivity contribution in [1.82, 2.24) is 0 Å². The summed E-state index contributed by atoms with van der Waals surface area (Å²) in [6.07, 6.45) is 28.2. The lowest BCUT2D eigenvalue weighted by Crippen LogP contribution is -2.35. The van der Waals surface area contributed by atoms with Gasteiger partial charge in [0.2, 0.25) is 0 Å². The first kappa shape index (κ1) is 15.0. The highest BCUT2D eigenvalue weighted by molar-refractivity contribution is 5.75. The van der Waals surface area contributed by atoms with Crippen molar-refractivity contribution in [3.63, 3.8) is 0 Å². The van der Waals surface area contributed by atoms with Gasteiger partial charge in [-0.25, -0.2) is 0 Å². The molecule has 0 saturated carbocycles. The summed E-state index contributed by atoms with van der Waals surface area (Å²) < 4.78 is 0. The van der Waals surface area contributed by atoms with Crippen LogP contribution in [0.4, 0.5) is 0 Å². The Kier molecular flexibility index (Phi) is 3.00. The molecule has 0 bridgehead atoms. The van der Waals surface area contributed by atoms with E-state index in [-0.39, 0.29) is 11.5 Å². The molecule has 2 N–H and O–H groups in total. The van der Waals surface area contributed by atoms with Crippen LogP contribution in [0.5, 0.6) is 0 Å². The van der Waals surface area contributed by atoms with E-state index in [2.05, 4.69) is 54.7 Å². The Labute approximate surface area is 155 Å². The Morgan fingerprint density at radius 2 is 1.42 bits per heavy atom. The summed E-state index contributed by atoms with van der Waals surface area (Å²) in [7, 11) is 0. The van der Waals surface area contributed by atoms with Crippen LogP contribution in [-0.2, 0) is 0 Å². The average molecular weight is 339 g/mol. The predicted molar refractivity (Wildman–Crippen MR) is 107 cm³/mol. The third-order valence-electron chi connectivity index (χ3n) is 7.29. The van der Waals surface area contributed by atoms with Gasteiger partial charge in [-0.2, -0.15) is 0 Å². The van der Waals surface area contributed by atoms with Crippen molar-refractivity contribution in [3.8, 4) is 0 Å². The van der Waals surface area contributed by atoms with E-state index in [0.29, 0.717) is 5.92 Å². The number of hydrogen-bond donors (Lipinski definition) is 1. The van der Waals surface area contributed by atoms with Crippen LogP contribution >= 0.6 is 0 Å². The van der Waals surface area contributed by atoms with Gasteiger partial charge in [-0.15, -0.1) is 0 Å². The lowest BCUT2D eigenvalue weighted by molar-refractivity contribution is 0.513. The summed E-state index contributed by atoms with van der Waals surface area (Å²) in [4.78, 5) is 0. The van der Waals surface area contributed by atoms with Gasteiger partial charge in [0.1, 0.15) is 0 Å². The normalized spacial score (nSPS) is 32.9. The first-order valence-corrected chi connectivity index (χ1v) is 10.2. The highest BCUT2D eigenvalue weighted by atomic mass is 14.7. The van der Waals surface area contributed by atoms with Crippen LogP contribution in [0.15, 0.2) is 93.7 Å². The van der Waals surface area contributed by atoms with Gasteiger partial charge in [-0.3, -0.25) is 0 Å². The Morgan fingerprint density at radius 1 is 0.808 bits per heavy atom. The molecule has 0 aromatic heterocycles. The summed E-state index contributed by atoms with van der Waals surface area (Å²) in [6, 6.07) is 0.106. The first-order valence-electron chi connectivity index (χ1n) is 10.2. The van der Waals surface area contributed by atoms with Crippen molar-refractivity contribution in [2.75, 3.05) is 0 Å². The molecule has 0 aliphatic heterocycles. The van der Waals surface area contributed by atoms with E-state index >= 15 is 0 Å². The molecule has 0 radical (unpaired) electrons. The van der Waals surface area contributed by atoms with Gasteiger partial charge >= 0.3 is 0 Å². The standard InChI is InChI=1S/C25H25N/c26-23-15-7-14-22-24(23)18-10-3-6-13-21(18)25(22)19-11-4-1-8-16(19)17-9-2-5-12-20(17)25/h1-3,7-10,14-15,23-24H,4-6,11-13,26H2. The Morgan fingerprint density at radius 3 is 2.12 bits per heavy atom. The molecule has 0 aromatic rings. The lowest BCUT2D eigenvalue weighted by atomic mass is 9.62. The molecule has 1 nitrogen and oxygen atoms in total. The van der Waals surface area contributed by atoms with E-state index < -0.39 is 0 Å². The van der Waals surface area contributed by atoms with Crippen molar-refractivity contribution in [2.45, 2.75) is 44.6 Å². The van der Waals surface area contributed by atoms with E-state index in [1.165, 1.54) is 55.2 Å². The van der Waals surface area contributed by atoms with Gasteiger partial charge < -0.3 is 5.73 Å². The van der Waals surface area contributed by atoms with Gasteiger partial charge in [0, 0.05) is 12.0 Å². The summed E-state index contributed by atoms with van der Waals surface area (Å²) in [6.45, 7) is 0. The summed E-state index contributed by atoms with van der Waals surface area (Å²) in [5.74, 6) is 0.365. The summed E-state index contributed by atoms with van der Waals surface area (Å²) >= 11 is 0. The molecule has 130 valence electrons. The Balaban J connectivity index is 1.72. The van der Waals surface area contributed by atoms with Gasteiger partial charge in [0.25, 0.3) is 0 Å². The highest BCUT2D eigenvalue weighted by Gasteiger charge is 2.58. The second-order valence-corrected chi connectivity index (χ2v) is 8.35. The van der Waals surface area contributed by atoms with Gasteiger partial charge in [0.05, 0.1) is 5.41 Å². The largest absolute Gasteiger partial charge is 0.324 e. The quantitative estimate of drug-likeness (QED) is 0.630. The Hall–Kier alpha value is -2.12. The summed E-state index contributed by atoms with van der Waals surface area (Å²) in [5.41, 5.74) is 17.9. The van der Waals surface area contributed by atoms with Crippen molar-refractivity contribution in [2.24, 2.45) is 17.1 Å². The summed E-state index contributed by atoms with van der Waals surface area (Å²) in [5, 5.41) is 0. The molecule has 1 spiro atoms. The van der Waals surface area contributed by atoms with Crippen molar-refractivity contribution in [3.05, 3.63) is 93.7 Å². The maximum Gasteiger partial charge on any atom is 0.0575 e. The molecule has 2 unspecified atom stereocenters. The number of fused-ring (bicyclic) bond motifs is 7. The fraction of sp³-hybridized carbons (Fsp3) is 0.360. The molecule has 1 heteroatoms. The molecule has 0 fully saturated rings. The molecule has 0 saturated heterocycles. The smallest absolute Gasteiger partial charge is 0.0575 e. The van der Waals surface area contributed by atoms with Crippen molar-refractivity contribution >= 4 is 0 Å². The van der Waals surface area contributed by atoms with E-state index in [1.807, 2.05) is 0 Å². The molecular weight excluding hydrogens is 314 g/mol. The second-order valence-electron chi connectivity index (χ2n) is 8.35. The van der Waals surface area contributed by atoms with Gasteiger partial charge in [0.15, 0.2) is 0 Å².